The van der Waals surface area contributed by atoms with E-state index >= 15 is 0 Å². The van der Waals surface area contributed by atoms with Gasteiger partial charge in [-0.3, -0.25) is 0 Å². The number of hydrogen-bond acceptors (Lipinski definition) is 3. The smallest absolute Gasteiger partial charge is 0.208 e. The van der Waals surface area contributed by atoms with E-state index in [0.29, 0.717) is 5.69 Å². The van der Waals surface area contributed by atoms with E-state index in [2.05, 4.69) is 0 Å². The maximum atomic E-state index is 12.4. The predicted molar refractivity (Wildman–Crippen MR) is 77.8 cm³/mol. The van der Waals surface area contributed by atoms with Gasteiger partial charge >= 0.3 is 0 Å². The molecule has 0 fully saturated rings. The lowest BCUT2D eigenvalue weighted by Crippen LogP contribution is -2.03. The molecule has 0 amide bonds. The molecule has 0 radical (unpaired) electrons. The second kappa shape index (κ2) is 5.21. The van der Waals surface area contributed by atoms with Crippen LogP contribution in [0.1, 0.15) is 0 Å². The lowest BCUT2D eigenvalue weighted by atomic mass is 10.3. The summed E-state index contributed by atoms with van der Waals surface area (Å²) in [6.45, 7) is 0. The summed E-state index contributed by atoms with van der Waals surface area (Å²) >= 11 is 17.5. The Kier molecular flexibility index (Phi) is 3.97. The first-order valence-corrected chi connectivity index (χ1v) is 7.69. The molecule has 0 aliphatic rings. The zero-order valence-electron chi connectivity index (χ0n) is 9.40. The van der Waals surface area contributed by atoms with Gasteiger partial charge < -0.3 is 5.73 Å². The third-order valence-corrected chi connectivity index (χ3v) is 5.41. The van der Waals surface area contributed by atoms with Gasteiger partial charge in [0.2, 0.25) is 9.84 Å². The van der Waals surface area contributed by atoms with Crippen LogP contribution in [0.15, 0.2) is 46.2 Å². The number of nitrogens with two attached hydrogens (primary N) is 1. The standard InChI is InChI=1S/C12H8Cl3NO2S/c13-9-5-11(15)12(6-10(9)14)19(17,18)8-3-1-7(16)2-4-8/h1-6H,16H2. The molecule has 2 N–H and O–H groups in total. The van der Waals surface area contributed by atoms with Gasteiger partial charge in [-0.15, -0.1) is 0 Å². The molecule has 0 atom stereocenters. The van der Waals surface area contributed by atoms with Crippen LogP contribution in [0.4, 0.5) is 5.69 Å². The minimum absolute atomic E-state index is 0.0197. The van der Waals surface area contributed by atoms with Crippen LogP contribution in [-0.4, -0.2) is 8.42 Å². The molecule has 0 aliphatic carbocycles. The molecule has 2 aromatic carbocycles. The highest BCUT2D eigenvalue weighted by Crippen LogP contribution is 2.34. The highest BCUT2D eigenvalue weighted by Gasteiger charge is 2.22. The van der Waals surface area contributed by atoms with Crippen LogP contribution in [0.5, 0.6) is 0 Å². The van der Waals surface area contributed by atoms with Crippen molar-refractivity contribution in [2.24, 2.45) is 0 Å². The van der Waals surface area contributed by atoms with Gasteiger partial charge in [-0.25, -0.2) is 8.42 Å². The van der Waals surface area contributed by atoms with Crippen molar-refractivity contribution in [3.63, 3.8) is 0 Å². The van der Waals surface area contributed by atoms with E-state index in [1.165, 1.54) is 36.4 Å². The first kappa shape index (κ1) is 14.5. The number of sulfone groups is 1. The average Bonchev–Trinajstić information content (AvgIpc) is 2.34. The van der Waals surface area contributed by atoms with E-state index in [-0.39, 0.29) is 24.9 Å². The molecule has 7 heteroatoms. The van der Waals surface area contributed by atoms with Gasteiger partial charge in [0.1, 0.15) is 0 Å². The predicted octanol–water partition coefficient (Wildman–Crippen LogP) is 4.06. The maximum absolute atomic E-state index is 12.4. The Hall–Kier alpha value is -0.940. The molecule has 100 valence electrons. The Morgan fingerprint density at radius 1 is 0.842 bits per heavy atom. The highest BCUT2D eigenvalue weighted by atomic mass is 35.5. The summed E-state index contributed by atoms with van der Waals surface area (Å²) in [5, 5.41) is 0.342. The molecule has 0 spiro atoms. The molecular formula is C12H8Cl3NO2S. The van der Waals surface area contributed by atoms with E-state index in [1.54, 1.807) is 0 Å². The minimum atomic E-state index is -3.76. The topological polar surface area (TPSA) is 60.2 Å². The Balaban J connectivity index is 2.63. The summed E-state index contributed by atoms with van der Waals surface area (Å²) in [4.78, 5) is -0.00433. The minimum Gasteiger partial charge on any atom is -0.399 e. The highest BCUT2D eigenvalue weighted by molar-refractivity contribution is 7.91. The van der Waals surface area contributed by atoms with E-state index < -0.39 is 9.84 Å². The van der Waals surface area contributed by atoms with Gasteiger partial charge in [0.05, 0.1) is 24.9 Å². The number of nitrogen functional groups attached to an aromatic ring is 1. The van der Waals surface area contributed by atoms with E-state index in [1.807, 2.05) is 0 Å². The normalized spacial score (nSPS) is 11.5. The van der Waals surface area contributed by atoms with Gasteiger partial charge in [-0.05, 0) is 36.4 Å². The zero-order chi connectivity index (χ0) is 14.2. The lowest BCUT2D eigenvalue weighted by Gasteiger charge is -2.08. The third kappa shape index (κ3) is 2.82. The molecule has 3 nitrogen and oxygen atoms in total. The Morgan fingerprint density at radius 3 is 1.95 bits per heavy atom. The number of anilines is 1. The van der Waals surface area contributed by atoms with Gasteiger partial charge in [0, 0.05) is 5.69 Å². The third-order valence-electron chi connectivity index (χ3n) is 2.45. The summed E-state index contributed by atoms with van der Waals surface area (Å²) in [5.74, 6) is 0. The molecule has 0 saturated carbocycles. The van der Waals surface area contributed by atoms with Gasteiger partial charge in [0.15, 0.2) is 0 Å². The van der Waals surface area contributed by atoms with E-state index in [9.17, 15) is 8.42 Å². The number of benzene rings is 2. The molecular weight excluding hydrogens is 329 g/mol. The fraction of sp³-hybridized carbons (Fsp3) is 0. The van der Waals surface area contributed by atoms with Crippen molar-refractivity contribution in [3.05, 3.63) is 51.5 Å². The van der Waals surface area contributed by atoms with Crippen LogP contribution >= 0.6 is 34.8 Å². The Morgan fingerprint density at radius 2 is 1.37 bits per heavy atom. The van der Waals surface area contributed by atoms with E-state index in [0.717, 1.165) is 0 Å². The number of halogens is 3. The number of rotatable bonds is 2. The second-order valence-corrected chi connectivity index (χ2v) is 6.91. The summed E-state index contributed by atoms with van der Waals surface area (Å²) < 4.78 is 24.8. The molecule has 0 saturated heterocycles. The maximum Gasteiger partial charge on any atom is 0.208 e. The summed E-state index contributed by atoms with van der Waals surface area (Å²) in [7, 11) is -3.76. The van der Waals surface area contributed by atoms with Crippen molar-refractivity contribution in [2.75, 3.05) is 5.73 Å². The molecule has 19 heavy (non-hydrogen) atoms. The fourth-order valence-corrected chi connectivity index (χ4v) is 3.74. The van der Waals surface area contributed by atoms with Crippen LogP contribution in [0.25, 0.3) is 0 Å². The molecule has 0 bridgehead atoms. The molecule has 2 rings (SSSR count). The molecule has 0 heterocycles. The SMILES string of the molecule is Nc1ccc(S(=O)(=O)c2cc(Cl)c(Cl)cc2Cl)cc1. The van der Waals surface area contributed by atoms with Crippen molar-refractivity contribution >= 4 is 50.3 Å². The largest absolute Gasteiger partial charge is 0.399 e. The molecule has 0 aliphatic heterocycles. The summed E-state index contributed by atoms with van der Waals surface area (Å²) in [6, 6.07) is 8.34. The first-order valence-electron chi connectivity index (χ1n) is 5.07. The van der Waals surface area contributed by atoms with Crippen molar-refractivity contribution in [3.8, 4) is 0 Å². The van der Waals surface area contributed by atoms with Crippen LogP contribution in [0.3, 0.4) is 0 Å². The summed E-state index contributed by atoms with van der Waals surface area (Å²) in [5.41, 5.74) is 5.99. The molecule has 0 aromatic heterocycles. The molecule has 2 aromatic rings. The molecule has 0 unspecified atom stereocenters. The van der Waals surface area contributed by atoms with Crippen LogP contribution in [0.2, 0.25) is 15.1 Å². The zero-order valence-corrected chi connectivity index (χ0v) is 12.5. The first-order chi connectivity index (χ1) is 8.82. The van der Waals surface area contributed by atoms with Crippen molar-refractivity contribution in [1.82, 2.24) is 0 Å². The lowest BCUT2D eigenvalue weighted by molar-refractivity contribution is 0.596. The quantitative estimate of drug-likeness (QED) is 0.664. The second-order valence-electron chi connectivity index (χ2n) is 3.77. The van der Waals surface area contributed by atoms with Gasteiger partial charge in [0.25, 0.3) is 0 Å². The van der Waals surface area contributed by atoms with Crippen molar-refractivity contribution in [2.45, 2.75) is 9.79 Å². The summed E-state index contributed by atoms with van der Waals surface area (Å²) in [6.07, 6.45) is 0. The van der Waals surface area contributed by atoms with E-state index in [4.69, 9.17) is 40.5 Å². The Bertz CT molecular complexity index is 727. The average molecular weight is 337 g/mol. The Labute approximate surface area is 125 Å². The van der Waals surface area contributed by atoms with Crippen molar-refractivity contribution in [1.29, 1.82) is 0 Å². The van der Waals surface area contributed by atoms with Crippen LogP contribution < -0.4 is 5.73 Å². The van der Waals surface area contributed by atoms with Crippen LogP contribution in [0, 0.1) is 0 Å². The van der Waals surface area contributed by atoms with Crippen molar-refractivity contribution < 1.29 is 8.42 Å². The monoisotopic (exact) mass is 335 g/mol. The van der Waals surface area contributed by atoms with Gasteiger partial charge in [-0.2, -0.15) is 0 Å². The van der Waals surface area contributed by atoms with Crippen LogP contribution in [-0.2, 0) is 9.84 Å². The number of hydrogen-bond donors (Lipinski definition) is 1. The fourth-order valence-electron chi connectivity index (χ4n) is 1.48. The van der Waals surface area contributed by atoms with Gasteiger partial charge in [-0.1, -0.05) is 34.8 Å².